The molecule has 1 saturated heterocycles. The van der Waals surface area contributed by atoms with Crippen LogP contribution in [0.2, 0.25) is 5.15 Å². The number of nitrogens with zero attached hydrogens (tertiary/aromatic N) is 4. The summed E-state index contributed by atoms with van der Waals surface area (Å²) in [5.74, 6) is 1.23. The van der Waals surface area contributed by atoms with Gasteiger partial charge in [0.1, 0.15) is 22.9 Å². The summed E-state index contributed by atoms with van der Waals surface area (Å²) >= 11 is 5.89. The summed E-state index contributed by atoms with van der Waals surface area (Å²) in [7, 11) is 1.55. The third-order valence-electron chi connectivity index (χ3n) is 3.98. The molecule has 7 nitrogen and oxygen atoms in total. The van der Waals surface area contributed by atoms with Crippen molar-refractivity contribution in [2.75, 3.05) is 25.0 Å². The van der Waals surface area contributed by atoms with E-state index in [2.05, 4.69) is 34.1 Å². The maximum atomic E-state index is 12.0. The molecule has 0 spiro atoms. The molecule has 0 aromatic carbocycles. The number of nitrogens with one attached hydrogen (secondary N) is 1. The van der Waals surface area contributed by atoms with Crippen molar-refractivity contribution in [2.24, 2.45) is 7.05 Å². The zero-order chi connectivity index (χ0) is 18.0. The molecule has 1 fully saturated rings. The molecule has 0 atom stereocenters. The van der Waals surface area contributed by atoms with E-state index >= 15 is 0 Å². The Morgan fingerprint density at radius 1 is 1.36 bits per heavy atom. The van der Waals surface area contributed by atoms with Crippen LogP contribution in [0.5, 0.6) is 5.75 Å². The third-order valence-corrected chi connectivity index (χ3v) is 4.16. The standard InChI is InChI=1S/C17H22ClN5O2/c1-17(2,11-23-7-4-8-23)25-12-5-6-15(19-10-12)20-13-9-14(18)21-22(3)16(13)24/h5-6,9-10H,4,7-8,11H2,1-3H3,(H,19,20). The number of hydrogen-bond donors (Lipinski definition) is 1. The molecule has 1 N–H and O–H groups in total. The normalized spacial score (nSPS) is 14.9. The minimum atomic E-state index is -0.286. The molecule has 0 aliphatic carbocycles. The molecule has 3 rings (SSSR count). The van der Waals surface area contributed by atoms with E-state index in [1.54, 1.807) is 19.3 Å². The van der Waals surface area contributed by atoms with Gasteiger partial charge in [-0.2, -0.15) is 5.10 Å². The van der Waals surface area contributed by atoms with Crippen molar-refractivity contribution in [3.63, 3.8) is 0 Å². The van der Waals surface area contributed by atoms with Gasteiger partial charge in [0.25, 0.3) is 5.56 Å². The highest BCUT2D eigenvalue weighted by atomic mass is 35.5. The van der Waals surface area contributed by atoms with Gasteiger partial charge < -0.3 is 10.1 Å². The maximum absolute atomic E-state index is 12.0. The van der Waals surface area contributed by atoms with Gasteiger partial charge in [0.2, 0.25) is 0 Å². The molecule has 1 aliphatic rings. The highest BCUT2D eigenvalue weighted by Crippen LogP contribution is 2.22. The fraction of sp³-hybridized carbons (Fsp3) is 0.471. The number of ether oxygens (including phenoxy) is 1. The van der Waals surface area contributed by atoms with E-state index < -0.39 is 0 Å². The van der Waals surface area contributed by atoms with Crippen LogP contribution in [0.1, 0.15) is 20.3 Å². The lowest BCUT2D eigenvalue weighted by Crippen LogP contribution is -2.48. The minimum Gasteiger partial charge on any atom is -0.485 e. The summed E-state index contributed by atoms with van der Waals surface area (Å²) in [5, 5.41) is 7.05. The van der Waals surface area contributed by atoms with Crippen LogP contribution in [0.3, 0.4) is 0 Å². The van der Waals surface area contributed by atoms with Crippen LogP contribution >= 0.6 is 11.6 Å². The van der Waals surface area contributed by atoms with Crippen LogP contribution < -0.4 is 15.6 Å². The second-order valence-corrected chi connectivity index (χ2v) is 7.19. The number of likely N-dealkylation sites (tertiary alicyclic amines) is 1. The predicted octanol–water partition coefficient (Wildman–Crippen LogP) is 2.44. The molecular weight excluding hydrogens is 342 g/mol. The number of rotatable bonds is 6. The fourth-order valence-corrected chi connectivity index (χ4v) is 2.97. The van der Waals surface area contributed by atoms with Crippen LogP contribution in [-0.4, -0.2) is 44.9 Å². The molecule has 2 aromatic heterocycles. The molecule has 8 heteroatoms. The largest absolute Gasteiger partial charge is 0.485 e. The molecule has 25 heavy (non-hydrogen) atoms. The Morgan fingerprint density at radius 2 is 2.12 bits per heavy atom. The Kier molecular flexibility index (Phi) is 4.96. The van der Waals surface area contributed by atoms with Crippen molar-refractivity contribution in [1.29, 1.82) is 0 Å². The molecular formula is C17H22ClN5O2. The average molecular weight is 364 g/mol. The lowest BCUT2D eigenvalue weighted by Gasteiger charge is -2.38. The summed E-state index contributed by atoms with van der Waals surface area (Å²) in [6, 6.07) is 5.08. The lowest BCUT2D eigenvalue weighted by atomic mass is 10.1. The van der Waals surface area contributed by atoms with Gasteiger partial charge in [-0.1, -0.05) is 11.6 Å². The van der Waals surface area contributed by atoms with Gasteiger partial charge in [0, 0.05) is 19.7 Å². The number of aryl methyl sites for hydroxylation is 1. The molecule has 0 bridgehead atoms. The first kappa shape index (κ1) is 17.7. The van der Waals surface area contributed by atoms with Crippen LogP contribution in [0.4, 0.5) is 11.5 Å². The SMILES string of the molecule is Cn1nc(Cl)cc(Nc2ccc(OC(C)(C)CN3CCC3)cn2)c1=O. The Balaban J connectivity index is 1.67. The number of halogens is 1. The summed E-state index contributed by atoms with van der Waals surface area (Å²) in [5.41, 5.74) is -0.241. The van der Waals surface area contributed by atoms with Gasteiger partial charge in [-0.3, -0.25) is 9.69 Å². The molecule has 1 aliphatic heterocycles. The highest BCUT2D eigenvalue weighted by Gasteiger charge is 2.26. The quantitative estimate of drug-likeness (QED) is 0.849. The Labute approximate surface area is 151 Å². The topological polar surface area (TPSA) is 72.3 Å². The summed E-state index contributed by atoms with van der Waals surface area (Å²) in [6.07, 6.45) is 2.91. The van der Waals surface area contributed by atoms with E-state index in [1.807, 2.05) is 6.07 Å². The smallest absolute Gasteiger partial charge is 0.290 e. The van der Waals surface area contributed by atoms with Gasteiger partial charge >= 0.3 is 0 Å². The first-order valence-electron chi connectivity index (χ1n) is 8.21. The molecule has 0 unspecified atom stereocenters. The summed E-state index contributed by atoms with van der Waals surface area (Å²) in [6.45, 7) is 7.30. The van der Waals surface area contributed by atoms with Gasteiger partial charge in [-0.05, 0) is 45.5 Å². The van der Waals surface area contributed by atoms with E-state index in [4.69, 9.17) is 16.3 Å². The average Bonchev–Trinajstić information content (AvgIpc) is 2.50. The predicted molar refractivity (Wildman–Crippen MR) is 97.8 cm³/mol. The van der Waals surface area contributed by atoms with Crippen molar-refractivity contribution in [3.05, 3.63) is 39.9 Å². The van der Waals surface area contributed by atoms with Crippen molar-refractivity contribution < 1.29 is 4.74 Å². The highest BCUT2D eigenvalue weighted by molar-refractivity contribution is 6.29. The van der Waals surface area contributed by atoms with Crippen molar-refractivity contribution in [1.82, 2.24) is 19.7 Å². The van der Waals surface area contributed by atoms with Crippen molar-refractivity contribution >= 4 is 23.1 Å². The van der Waals surface area contributed by atoms with E-state index in [0.29, 0.717) is 17.3 Å². The fourth-order valence-electron chi connectivity index (χ4n) is 2.74. The monoisotopic (exact) mass is 363 g/mol. The van der Waals surface area contributed by atoms with E-state index in [-0.39, 0.29) is 16.3 Å². The third kappa shape index (κ3) is 4.49. The number of pyridine rings is 1. The molecule has 0 amide bonds. The molecule has 0 saturated carbocycles. The van der Waals surface area contributed by atoms with Crippen molar-refractivity contribution in [3.8, 4) is 5.75 Å². The molecule has 0 radical (unpaired) electrons. The van der Waals surface area contributed by atoms with E-state index in [0.717, 1.165) is 19.6 Å². The summed E-state index contributed by atoms with van der Waals surface area (Å²) in [4.78, 5) is 18.7. The van der Waals surface area contributed by atoms with Gasteiger partial charge in [0.15, 0.2) is 5.15 Å². The Bertz CT molecular complexity index is 800. The summed E-state index contributed by atoms with van der Waals surface area (Å²) < 4.78 is 7.23. The molecule has 2 aromatic rings. The Morgan fingerprint density at radius 3 is 2.72 bits per heavy atom. The molecule has 3 heterocycles. The zero-order valence-electron chi connectivity index (χ0n) is 14.6. The first-order chi connectivity index (χ1) is 11.8. The number of aromatic nitrogens is 3. The Hall–Kier alpha value is -2.12. The van der Waals surface area contributed by atoms with Crippen LogP contribution in [0, 0.1) is 0 Å². The van der Waals surface area contributed by atoms with Crippen molar-refractivity contribution in [2.45, 2.75) is 25.9 Å². The van der Waals surface area contributed by atoms with Gasteiger partial charge in [0.05, 0.1) is 6.20 Å². The maximum Gasteiger partial charge on any atom is 0.290 e. The first-order valence-corrected chi connectivity index (χ1v) is 8.58. The minimum absolute atomic E-state index is 0.234. The second kappa shape index (κ2) is 7.01. The number of anilines is 2. The molecule has 134 valence electrons. The van der Waals surface area contributed by atoms with E-state index in [9.17, 15) is 4.79 Å². The van der Waals surface area contributed by atoms with Crippen LogP contribution in [-0.2, 0) is 7.05 Å². The van der Waals surface area contributed by atoms with Gasteiger partial charge in [-0.15, -0.1) is 0 Å². The van der Waals surface area contributed by atoms with Crippen LogP contribution in [0.25, 0.3) is 0 Å². The number of hydrogen-bond acceptors (Lipinski definition) is 6. The second-order valence-electron chi connectivity index (χ2n) is 6.81. The lowest BCUT2D eigenvalue weighted by molar-refractivity contribution is 0.0350. The van der Waals surface area contributed by atoms with Gasteiger partial charge in [-0.25, -0.2) is 9.67 Å². The van der Waals surface area contributed by atoms with Crippen LogP contribution in [0.15, 0.2) is 29.2 Å². The zero-order valence-corrected chi connectivity index (χ0v) is 15.4. The van der Waals surface area contributed by atoms with E-state index in [1.165, 1.54) is 17.2 Å².